The molecule has 0 aromatic carbocycles. The Morgan fingerprint density at radius 3 is 2.52 bits per heavy atom. The van der Waals surface area contributed by atoms with Crippen molar-refractivity contribution in [1.29, 1.82) is 0 Å². The molecule has 1 aromatic rings. The Kier molecular flexibility index (Phi) is 6.99. The van der Waals surface area contributed by atoms with Gasteiger partial charge in [0.2, 0.25) is 11.8 Å². The molecule has 7 nitrogen and oxygen atoms in total. The topological polar surface area (TPSA) is 90.1 Å². The fraction of sp³-hybridized carbons (Fsp3) is 0.722. The Morgan fingerprint density at radius 1 is 1.32 bits per heavy atom. The molecular weight excluding hydrogens is 318 g/mol. The highest BCUT2D eigenvalue weighted by molar-refractivity contribution is 5.93. The number of nitrogens with one attached hydrogen (secondary N) is 3. The molecule has 25 heavy (non-hydrogen) atoms. The van der Waals surface area contributed by atoms with Crippen molar-refractivity contribution in [3.63, 3.8) is 0 Å². The molecule has 140 valence electrons. The maximum Gasteiger partial charge on any atom is 0.242 e. The molecule has 2 rings (SSSR count). The van der Waals surface area contributed by atoms with E-state index in [2.05, 4.69) is 39.6 Å². The first-order chi connectivity index (χ1) is 11.9. The van der Waals surface area contributed by atoms with Crippen LogP contribution in [0.3, 0.4) is 0 Å². The molecule has 1 fully saturated rings. The van der Waals surface area contributed by atoms with E-state index in [0.717, 1.165) is 44.5 Å². The summed E-state index contributed by atoms with van der Waals surface area (Å²) in [5.74, 6) is 0.980. The normalized spacial score (nSPS) is 20.8. The molecule has 0 bridgehead atoms. The van der Waals surface area contributed by atoms with E-state index in [1.54, 1.807) is 0 Å². The zero-order chi connectivity index (χ0) is 18.4. The molecule has 1 aliphatic carbocycles. The van der Waals surface area contributed by atoms with E-state index in [0.29, 0.717) is 11.7 Å². The van der Waals surface area contributed by atoms with Crippen LogP contribution in [0.1, 0.15) is 65.0 Å². The summed E-state index contributed by atoms with van der Waals surface area (Å²) in [6.07, 6.45) is 3.86. The van der Waals surface area contributed by atoms with Gasteiger partial charge in [-0.15, -0.1) is 0 Å². The minimum Gasteiger partial charge on any atom is -0.354 e. The summed E-state index contributed by atoms with van der Waals surface area (Å²) in [4.78, 5) is 25.7. The summed E-state index contributed by atoms with van der Waals surface area (Å²) in [5.41, 5.74) is 0.948. The van der Waals surface area contributed by atoms with Crippen molar-refractivity contribution in [3.05, 3.63) is 11.8 Å². The van der Waals surface area contributed by atoms with E-state index in [1.165, 1.54) is 6.92 Å². The Labute approximate surface area is 149 Å². The summed E-state index contributed by atoms with van der Waals surface area (Å²) < 4.78 is 0. The first-order valence-electron chi connectivity index (χ1n) is 9.31. The maximum atomic E-state index is 12.5. The first kappa shape index (κ1) is 19.4. The van der Waals surface area contributed by atoms with Crippen LogP contribution in [0.25, 0.3) is 0 Å². The Bertz CT molecular complexity index is 574. The lowest BCUT2D eigenvalue weighted by molar-refractivity contribution is -0.121. The van der Waals surface area contributed by atoms with Gasteiger partial charge in [0.1, 0.15) is 5.82 Å². The van der Waals surface area contributed by atoms with Crippen LogP contribution in [0.5, 0.6) is 0 Å². The lowest BCUT2D eigenvalue weighted by Crippen LogP contribution is -2.43. The third-order valence-corrected chi connectivity index (χ3v) is 4.77. The van der Waals surface area contributed by atoms with Gasteiger partial charge in [0.15, 0.2) is 0 Å². The average molecular weight is 349 g/mol. The molecule has 1 saturated carbocycles. The van der Waals surface area contributed by atoms with Gasteiger partial charge in [0.05, 0.1) is 11.7 Å². The molecule has 0 aliphatic heterocycles. The zero-order valence-electron chi connectivity index (χ0n) is 15.8. The number of carbonyl (C=O) groups is 2. The Hall–Kier alpha value is -1.89. The van der Waals surface area contributed by atoms with E-state index in [1.807, 2.05) is 13.0 Å². The van der Waals surface area contributed by atoms with Gasteiger partial charge in [-0.25, -0.2) is 0 Å². The fourth-order valence-electron chi connectivity index (χ4n) is 3.35. The summed E-state index contributed by atoms with van der Waals surface area (Å²) in [6.45, 7) is 9.58. The predicted molar refractivity (Wildman–Crippen MR) is 98.4 cm³/mol. The third kappa shape index (κ3) is 5.29. The molecule has 7 heteroatoms. The molecule has 0 radical (unpaired) electrons. The van der Waals surface area contributed by atoms with Crippen LogP contribution in [-0.2, 0) is 9.59 Å². The van der Waals surface area contributed by atoms with Crippen LogP contribution in [0, 0.1) is 0 Å². The smallest absolute Gasteiger partial charge is 0.242 e. The molecule has 0 spiro atoms. The van der Waals surface area contributed by atoms with Crippen molar-refractivity contribution in [3.8, 4) is 0 Å². The van der Waals surface area contributed by atoms with Crippen molar-refractivity contribution >= 4 is 17.6 Å². The minimum absolute atomic E-state index is 0.0103. The standard InChI is InChI=1S/C18H31N5O2/c1-5-7-23(8-6-2)12(3)18(25)20-17-11-16(21-22-17)14-9-15(10-14)19-13(4)24/h11-12,14-15H,5-10H2,1-4H3,(H,19,24)(H2,20,21,22,25)/t12?,14-,15+. The van der Waals surface area contributed by atoms with Crippen LogP contribution in [0.15, 0.2) is 6.07 Å². The Morgan fingerprint density at radius 2 is 1.96 bits per heavy atom. The molecule has 2 amide bonds. The predicted octanol–water partition coefficient (Wildman–Crippen LogP) is 2.24. The highest BCUT2D eigenvalue weighted by Crippen LogP contribution is 2.36. The lowest BCUT2D eigenvalue weighted by Gasteiger charge is -2.34. The third-order valence-electron chi connectivity index (χ3n) is 4.77. The van der Waals surface area contributed by atoms with Crippen molar-refractivity contribution in [2.75, 3.05) is 18.4 Å². The second kappa shape index (κ2) is 8.99. The first-order valence-corrected chi connectivity index (χ1v) is 9.31. The number of H-pyrrole nitrogens is 1. The number of rotatable bonds is 9. The van der Waals surface area contributed by atoms with Crippen LogP contribution < -0.4 is 10.6 Å². The van der Waals surface area contributed by atoms with Gasteiger partial charge < -0.3 is 10.6 Å². The van der Waals surface area contributed by atoms with E-state index in [-0.39, 0.29) is 23.9 Å². The van der Waals surface area contributed by atoms with E-state index in [4.69, 9.17) is 0 Å². The second-order valence-corrected chi connectivity index (χ2v) is 6.97. The van der Waals surface area contributed by atoms with E-state index < -0.39 is 0 Å². The van der Waals surface area contributed by atoms with Crippen molar-refractivity contribution in [2.45, 2.75) is 71.4 Å². The van der Waals surface area contributed by atoms with Gasteiger partial charge in [-0.1, -0.05) is 13.8 Å². The molecule has 1 aliphatic rings. The quantitative estimate of drug-likeness (QED) is 0.638. The molecule has 1 heterocycles. The van der Waals surface area contributed by atoms with Gasteiger partial charge in [0.25, 0.3) is 0 Å². The van der Waals surface area contributed by atoms with Crippen LogP contribution in [-0.4, -0.2) is 52.1 Å². The summed E-state index contributed by atoms with van der Waals surface area (Å²) >= 11 is 0. The number of nitrogens with zero attached hydrogens (tertiary/aromatic N) is 2. The van der Waals surface area contributed by atoms with Crippen LogP contribution in [0.4, 0.5) is 5.82 Å². The number of amides is 2. The highest BCUT2D eigenvalue weighted by atomic mass is 16.2. The summed E-state index contributed by atoms with van der Waals surface area (Å²) in [5, 5.41) is 13.1. The van der Waals surface area contributed by atoms with Gasteiger partial charge in [-0.05, 0) is 45.7 Å². The number of aromatic amines is 1. The van der Waals surface area contributed by atoms with Gasteiger partial charge >= 0.3 is 0 Å². The summed E-state index contributed by atoms with van der Waals surface area (Å²) in [6, 6.07) is 1.98. The van der Waals surface area contributed by atoms with E-state index >= 15 is 0 Å². The molecule has 1 atom stereocenters. The van der Waals surface area contributed by atoms with E-state index in [9.17, 15) is 9.59 Å². The van der Waals surface area contributed by atoms with Gasteiger partial charge in [-0.3, -0.25) is 19.6 Å². The van der Waals surface area contributed by atoms with Crippen LogP contribution in [0.2, 0.25) is 0 Å². The second-order valence-electron chi connectivity index (χ2n) is 6.97. The molecule has 0 saturated heterocycles. The monoisotopic (exact) mass is 349 g/mol. The average Bonchev–Trinajstić information content (AvgIpc) is 2.97. The number of anilines is 1. The molecule has 1 unspecified atom stereocenters. The number of aromatic nitrogens is 2. The zero-order valence-corrected chi connectivity index (χ0v) is 15.8. The van der Waals surface area contributed by atoms with Gasteiger partial charge in [0, 0.05) is 24.9 Å². The van der Waals surface area contributed by atoms with Crippen molar-refractivity contribution < 1.29 is 9.59 Å². The summed E-state index contributed by atoms with van der Waals surface area (Å²) in [7, 11) is 0. The van der Waals surface area contributed by atoms with Gasteiger partial charge in [-0.2, -0.15) is 5.10 Å². The number of carbonyl (C=O) groups excluding carboxylic acids is 2. The number of hydrogen-bond donors (Lipinski definition) is 3. The maximum absolute atomic E-state index is 12.5. The molecule has 1 aromatic heterocycles. The fourth-order valence-corrected chi connectivity index (χ4v) is 3.35. The van der Waals surface area contributed by atoms with Crippen molar-refractivity contribution in [2.24, 2.45) is 0 Å². The van der Waals surface area contributed by atoms with Crippen molar-refractivity contribution in [1.82, 2.24) is 20.4 Å². The molecular formula is C18H31N5O2. The largest absolute Gasteiger partial charge is 0.354 e. The Balaban J connectivity index is 1.86. The van der Waals surface area contributed by atoms with Crippen LogP contribution >= 0.6 is 0 Å². The minimum atomic E-state index is -0.167. The SMILES string of the molecule is CCCN(CCC)C(C)C(=O)Nc1cc([C@H]2C[C@@H](NC(C)=O)C2)n[nH]1. The number of hydrogen-bond acceptors (Lipinski definition) is 4. The lowest BCUT2D eigenvalue weighted by atomic mass is 9.78. The highest BCUT2D eigenvalue weighted by Gasteiger charge is 2.32. The molecule has 3 N–H and O–H groups in total.